The Morgan fingerprint density at radius 1 is 0.830 bits per heavy atom. The Hall–Kier alpha value is -3.27. The molecule has 12 heteroatoms. The second kappa shape index (κ2) is 16.2. The van der Waals surface area contributed by atoms with Crippen molar-refractivity contribution in [3.8, 4) is 0 Å². The van der Waals surface area contributed by atoms with Crippen LogP contribution >= 0.6 is 46.4 Å². The molecular formula is C35H35Cl4N3O4S. The van der Waals surface area contributed by atoms with E-state index in [-0.39, 0.29) is 44.7 Å². The Bertz CT molecular complexity index is 1820. The fourth-order valence-corrected chi connectivity index (χ4v) is 7.19. The van der Waals surface area contributed by atoms with Gasteiger partial charge in [-0.2, -0.15) is 0 Å². The maximum atomic E-state index is 14.6. The molecule has 1 N–H and O–H groups in total. The summed E-state index contributed by atoms with van der Waals surface area (Å²) in [5, 5.41) is 3.98. The molecule has 0 aromatic heterocycles. The Morgan fingerprint density at radius 2 is 1.47 bits per heavy atom. The van der Waals surface area contributed by atoms with Crippen molar-refractivity contribution in [3.05, 3.63) is 128 Å². The maximum Gasteiger partial charge on any atom is 0.264 e. The molecule has 4 aromatic carbocycles. The van der Waals surface area contributed by atoms with Gasteiger partial charge in [0.15, 0.2) is 0 Å². The minimum absolute atomic E-state index is 0.0150. The van der Waals surface area contributed by atoms with Crippen LogP contribution in [0.3, 0.4) is 0 Å². The number of aryl methyl sites for hydroxylation is 1. The number of sulfonamides is 1. The molecule has 2 atom stereocenters. The van der Waals surface area contributed by atoms with E-state index >= 15 is 0 Å². The molecule has 0 saturated heterocycles. The van der Waals surface area contributed by atoms with Crippen molar-refractivity contribution in [2.75, 3.05) is 10.8 Å². The second-order valence-corrected chi connectivity index (χ2v) is 14.8. The average Bonchev–Trinajstić information content (AvgIpc) is 3.04. The van der Waals surface area contributed by atoms with Gasteiger partial charge in [0.25, 0.3) is 10.0 Å². The van der Waals surface area contributed by atoms with Crippen molar-refractivity contribution >= 4 is 73.9 Å². The molecule has 2 amide bonds. The van der Waals surface area contributed by atoms with Gasteiger partial charge in [-0.25, -0.2) is 8.42 Å². The lowest BCUT2D eigenvalue weighted by atomic mass is 10.0. The largest absolute Gasteiger partial charge is 0.352 e. The molecule has 47 heavy (non-hydrogen) atoms. The van der Waals surface area contributed by atoms with E-state index < -0.39 is 34.4 Å². The van der Waals surface area contributed by atoms with Crippen molar-refractivity contribution in [2.45, 2.75) is 57.1 Å². The number of carbonyl (C=O) groups excluding carboxylic acids is 2. The van der Waals surface area contributed by atoms with E-state index in [2.05, 4.69) is 5.32 Å². The first-order valence-electron chi connectivity index (χ1n) is 14.9. The first-order chi connectivity index (χ1) is 22.3. The molecule has 0 heterocycles. The number of rotatable bonds is 13. The zero-order valence-electron chi connectivity index (χ0n) is 26.1. The average molecular weight is 736 g/mol. The van der Waals surface area contributed by atoms with Crippen LogP contribution < -0.4 is 9.62 Å². The van der Waals surface area contributed by atoms with Gasteiger partial charge in [0.2, 0.25) is 11.8 Å². The smallest absolute Gasteiger partial charge is 0.264 e. The van der Waals surface area contributed by atoms with Gasteiger partial charge in [-0.3, -0.25) is 13.9 Å². The molecule has 0 fully saturated rings. The predicted octanol–water partition coefficient (Wildman–Crippen LogP) is 8.36. The molecule has 0 unspecified atom stereocenters. The van der Waals surface area contributed by atoms with E-state index in [4.69, 9.17) is 46.4 Å². The lowest BCUT2D eigenvalue weighted by Gasteiger charge is -2.34. The van der Waals surface area contributed by atoms with Crippen LogP contribution in [0.25, 0.3) is 0 Å². The van der Waals surface area contributed by atoms with Gasteiger partial charge in [-0.05, 0) is 73.9 Å². The van der Waals surface area contributed by atoms with E-state index in [9.17, 15) is 18.0 Å². The van der Waals surface area contributed by atoms with Crippen LogP contribution in [0.4, 0.5) is 5.69 Å². The molecule has 0 aliphatic rings. The summed E-state index contributed by atoms with van der Waals surface area (Å²) in [6, 6.07) is 23.5. The third kappa shape index (κ3) is 9.42. The fourth-order valence-electron chi connectivity index (χ4n) is 4.86. The summed E-state index contributed by atoms with van der Waals surface area (Å²) in [5.74, 6) is -1.06. The maximum absolute atomic E-state index is 14.6. The molecular weight excluding hydrogens is 700 g/mol. The lowest BCUT2D eigenvalue weighted by molar-refractivity contribution is -0.140. The number of halogens is 4. The van der Waals surface area contributed by atoms with Crippen LogP contribution in [0.2, 0.25) is 20.1 Å². The number of nitrogens with one attached hydrogen (secondary N) is 1. The summed E-state index contributed by atoms with van der Waals surface area (Å²) in [7, 11) is -4.35. The van der Waals surface area contributed by atoms with Gasteiger partial charge < -0.3 is 10.2 Å². The highest BCUT2D eigenvalue weighted by Gasteiger charge is 2.36. The number of hydrogen-bond donors (Lipinski definition) is 1. The Morgan fingerprint density at radius 3 is 2.11 bits per heavy atom. The number of hydrogen-bond acceptors (Lipinski definition) is 4. The third-order valence-electron chi connectivity index (χ3n) is 7.69. The number of anilines is 1. The van der Waals surface area contributed by atoms with Gasteiger partial charge in [0.05, 0.1) is 15.6 Å². The summed E-state index contributed by atoms with van der Waals surface area (Å²) < 4.78 is 29.4. The summed E-state index contributed by atoms with van der Waals surface area (Å²) in [6.45, 7) is 4.85. The highest BCUT2D eigenvalue weighted by molar-refractivity contribution is 7.92. The lowest BCUT2D eigenvalue weighted by Crippen LogP contribution is -2.54. The van der Waals surface area contributed by atoms with Gasteiger partial charge in [-0.1, -0.05) is 107 Å². The van der Waals surface area contributed by atoms with Crippen LogP contribution in [-0.2, 0) is 32.6 Å². The van der Waals surface area contributed by atoms with Crippen molar-refractivity contribution < 1.29 is 18.0 Å². The van der Waals surface area contributed by atoms with E-state index in [1.54, 1.807) is 30.3 Å². The van der Waals surface area contributed by atoms with Crippen LogP contribution in [0, 0.1) is 6.92 Å². The van der Waals surface area contributed by atoms with Gasteiger partial charge in [0.1, 0.15) is 12.6 Å². The molecule has 0 saturated carbocycles. The molecule has 4 aromatic rings. The monoisotopic (exact) mass is 733 g/mol. The van der Waals surface area contributed by atoms with Gasteiger partial charge in [0, 0.05) is 34.1 Å². The highest BCUT2D eigenvalue weighted by Crippen LogP contribution is 2.34. The molecule has 0 spiro atoms. The minimum atomic E-state index is -4.35. The highest BCUT2D eigenvalue weighted by atomic mass is 35.5. The van der Waals surface area contributed by atoms with Crippen LogP contribution in [0.5, 0.6) is 0 Å². The second-order valence-electron chi connectivity index (χ2n) is 11.2. The van der Waals surface area contributed by atoms with E-state index in [0.29, 0.717) is 17.0 Å². The summed E-state index contributed by atoms with van der Waals surface area (Å²) >= 11 is 25.6. The number of benzene rings is 4. The predicted molar refractivity (Wildman–Crippen MR) is 191 cm³/mol. The number of amides is 2. The summed E-state index contributed by atoms with van der Waals surface area (Å²) in [5.41, 5.74) is 2.20. The molecule has 248 valence electrons. The Labute approximate surface area is 296 Å². The van der Waals surface area contributed by atoms with E-state index in [1.165, 1.54) is 35.2 Å². The first-order valence-corrected chi connectivity index (χ1v) is 17.9. The fraction of sp³-hybridized carbons (Fsp3) is 0.257. The topological polar surface area (TPSA) is 86.8 Å². The standard InChI is InChI=1S/C35H35Cl4N3O4S/c1-4-24(3)40-35(44)33(18-25-8-6-5-7-9-25)41(21-26-12-13-27(36)19-31(26)39)34(43)22-42(32-20-28(37)14-17-30(32)38)47(45,46)29-15-10-23(2)11-16-29/h5-17,19-20,24,33H,4,18,21-22H2,1-3H3,(H,40,44)/t24-,33+/m1/s1. The molecule has 7 nitrogen and oxygen atoms in total. The SMILES string of the molecule is CC[C@@H](C)NC(=O)[C@H](Cc1ccccc1)N(Cc1ccc(Cl)cc1Cl)C(=O)CN(c1cc(Cl)ccc1Cl)S(=O)(=O)c1ccc(C)cc1. The zero-order chi connectivity index (χ0) is 34.3. The summed E-state index contributed by atoms with van der Waals surface area (Å²) in [4.78, 5) is 29.9. The normalized spacial score (nSPS) is 12.7. The minimum Gasteiger partial charge on any atom is -0.352 e. The van der Waals surface area contributed by atoms with Crippen LogP contribution in [0.1, 0.15) is 37.0 Å². The number of carbonyl (C=O) groups is 2. The van der Waals surface area contributed by atoms with Gasteiger partial charge >= 0.3 is 0 Å². The van der Waals surface area contributed by atoms with Crippen molar-refractivity contribution in [1.82, 2.24) is 10.2 Å². The van der Waals surface area contributed by atoms with Crippen molar-refractivity contribution in [1.29, 1.82) is 0 Å². The first kappa shape index (κ1) is 36.6. The molecule has 0 aliphatic heterocycles. The van der Waals surface area contributed by atoms with E-state index in [1.807, 2.05) is 51.1 Å². The van der Waals surface area contributed by atoms with Crippen LogP contribution in [0.15, 0.2) is 95.9 Å². The summed E-state index contributed by atoms with van der Waals surface area (Å²) in [6.07, 6.45) is 0.819. The quantitative estimate of drug-likeness (QED) is 0.150. The van der Waals surface area contributed by atoms with Crippen molar-refractivity contribution in [2.24, 2.45) is 0 Å². The number of nitrogens with zero attached hydrogens (tertiary/aromatic N) is 2. The molecule has 4 rings (SSSR count). The molecule has 0 aliphatic carbocycles. The Kier molecular flexibility index (Phi) is 12.6. The molecule has 0 bridgehead atoms. The third-order valence-corrected chi connectivity index (χ3v) is 10.6. The van der Waals surface area contributed by atoms with E-state index in [0.717, 1.165) is 15.4 Å². The van der Waals surface area contributed by atoms with Gasteiger partial charge in [-0.15, -0.1) is 0 Å². The Balaban J connectivity index is 1.86. The zero-order valence-corrected chi connectivity index (χ0v) is 29.9. The molecule has 0 radical (unpaired) electrons. The van der Waals surface area contributed by atoms with Crippen molar-refractivity contribution in [3.63, 3.8) is 0 Å². The van der Waals surface area contributed by atoms with Crippen LogP contribution in [-0.4, -0.2) is 43.8 Å².